The van der Waals surface area contributed by atoms with Gasteiger partial charge in [0.25, 0.3) is 0 Å². The predicted molar refractivity (Wildman–Crippen MR) is 68.5 cm³/mol. The number of halogens is 1. The van der Waals surface area contributed by atoms with E-state index in [1.165, 1.54) is 0 Å². The first-order chi connectivity index (χ1) is 8.83. The first kappa shape index (κ1) is 12.4. The Morgan fingerprint density at radius 1 is 1.39 bits per heavy atom. The molecule has 1 heterocycles. The van der Waals surface area contributed by atoms with E-state index in [4.69, 9.17) is 4.74 Å². The molecular formula is C13H16FN3O. The molecule has 0 atom stereocenters. The highest BCUT2D eigenvalue weighted by Crippen LogP contribution is 2.18. The second kappa shape index (κ2) is 6.05. The number of methoxy groups -OCH3 is 1. The molecule has 0 aliphatic heterocycles. The molecule has 4 nitrogen and oxygen atoms in total. The third-order valence-corrected chi connectivity index (χ3v) is 2.62. The van der Waals surface area contributed by atoms with E-state index in [1.807, 2.05) is 24.3 Å². The van der Waals surface area contributed by atoms with Gasteiger partial charge in [0, 0.05) is 18.3 Å². The van der Waals surface area contributed by atoms with Crippen LogP contribution in [0.25, 0.3) is 0 Å². The van der Waals surface area contributed by atoms with Crippen molar-refractivity contribution in [1.29, 1.82) is 0 Å². The molecular weight excluding hydrogens is 233 g/mol. The molecule has 1 aromatic heterocycles. The molecule has 0 saturated carbocycles. The van der Waals surface area contributed by atoms with E-state index in [2.05, 4.69) is 10.4 Å². The summed E-state index contributed by atoms with van der Waals surface area (Å²) in [4.78, 5) is 0. The minimum Gasteiger partial charge on any atom is -0.496 e. The summed E-state index contributed by atoms with van der Waals surface area (Å²) in [5, 5.41) is 7.27. The van der Waals surface area contributed by atoms with Crippen LogP contribution in [0.15, 0.2) is 36.7 Å². The number of ether oxygens (including phenoxy) is 1. The molecule has 2 rings (SSSR count). The quantitative estimate of drug-likeness (QED) is 0.854. The van der Waals surface area contributed by atoms with Gasteiger partial charge in [0.15, 0.2) is 0 Å². The summed E-state index contributed by atoms with van der Waals surface area (Å²) >= 11 is 0. The van der Waals surface area contributed by atoms with Crippen molar-refractivity contribution in [3.63, 3.8) is 0 Å². The number of anilines is 1. The largest absolute Gasteiger partial charge is 0.496 e. The maximum Gasteiger partial charge on any atom is 0.123 e. The standard InChI is InChI=1S/C13H16FN3O/c1-18-13-5-3-2-4-11(13)8-15-12-9-16-17(10-12)7-6-14/h2-5,9-10,15H,6-8H2,1H3. The van der Waals surface area contributed by atoms with Crippen LogP contribution in [0.2, 0.25) is 0 Å². The zero-order valence-corrected chi connectivity index (χ0v) is 10.3. The number of aromatic nitrogens is 2. The van der Waals surface area contributed by atoms with Gasteiger partial charge in [0.05, 0.1) is 25.5 Å². The van der Waals surface area contributed by atoms with E-state index in [0.717, 1.165) is 17.0 Å². The molecule has 0 amide bonds. The fourth-order valence-corrected chi connectivity index (χ4v) is 1.71. The Balaban J connectivity index is 1.97. The van der Waals surface area contributed by atoms with Crippen molar-refractivity contribution in [2.75, 3.05) is 19.1 Å². The van der Waals surface area contributed by atoms with Crippen LogP contribution in [0.3, 0.4) is 0 Å². The van der Waals surface area contributed by atoms with Crippen molar-refractivity contribution < 1.29 is 9.13 Å². The molecule has 0 radical (unpaired) electrons. The van der Waals surface area contributed by atoms with Gasteiger partial charge in [-0.05, 0) is 6.07 Å². The fraction of sp³-hybridized carbons (Fsp3) is 0.308. The van der Waals surface area contributed by atoms with Gasteiger partial charge in [-0.25, -0.2) is 4.39 Å². The second-order valence-corrected chi connectivity index (χ2v) is 3.85. The van der Waals surface area contributed by atoms with Crippen molar-refractivity contribution in [2.24, 2.45) is 0 Å². The van der Waals surface area contributed by atoms with Gasteiger partial charge in [0.2, 0.25) is 0 Å². The summed E-state index contributed by atoms with van der Waals surface area (Å²) in [6.07, 6.45) is 3.47. The summed E-state index contributed by atoms with van der Waals surface area (Å²) < 4.78 is 19.0. The Kier molecular flexibility index (Phi) is 4.17. The first-order valence-corrected chi connectivity index (χ1v) is 5.77. The molecule has 2 aromatic rings. The summed E-state index contributed by atoms with van der Waals surface area (Å²) in [6.45, 7) is 0.523. The number of rotatable bonds is 6. The van der Waals surface area contributed by atoms with Crippen molar-refractivity contribution >= 4 is 5.69 Å². The average Bonchev–Trinajstić information content (AvgIpc) is 2.85. The lowest BCUT2D eigenvalue weighted by Gasteiger charge is -2.08. The molecule has 0 saturated heterocycles. The number of hydrogen-bond acceptors (Lipinski definition) is 3. The van der Waals surface area contributed by atoms with Crippen molar-refractivity contribution in [3.8, 4) is 5.75 Å². The van der Waals surface area contributed by atoms with Crippen LogP contribution in [0.5, 0.6) is 5.75 Å². The predicted octanol–water partition coefficient (Wildman–Crippen LogP) is 2.47. The van der Waals surface area contributed by atoms with Gasteiger partial charge < -0.3 is 10.1 Å². The molecule has 5 heteroatoms. The van der Waals surface area contributed by atoms with Gasteiger partial charge in [-0.1, -0.05) is 18.2 Å². The summed E-state index contributed by atoms with van der Waals surface area (Å²) in [7, 11) is 1.65. The summed E-state index contributed by atoms with van der Waals surface area (Å²) in [5.74, 6) is 0.848. The van der Waals surface area contributed by atoms with Crippen LogP contribution in [0.1, 0.15) is 5.56 Å². The number of aryl methyl sites for hydroxylation is 1. The molecule has 0 aliphatic carbocycles. The lowest BCUT2D eigenvalue weighted by Crippen LogP contribution is -2.01. The third-order valence-electron chi connectivity index (χ3n) is 2.62. The molecule has 96 valence electrons. The van der Waals surface area contributed by atoms with Gasteiger partial charge in [0.1, 0.15) is 12.4 Å². The minimum absolute atomic E-state index is 0.288. The highest BCUT2D eigenvalue weighted by Gasteiger charge is 2.02. The molecule has 1 N–H and O–H groups in total. The molecule has 0 fully saturated rings. The molecule has 18 heavy (non-hydrogen) atoms. The lowest BCUT2D eigenvalue weighted by atomic mass is 10.2. The van der Waals surface area contributed by atoms with Crippen LogP contribution in [-0.4, -0.2) is 23.6 Å². The van der Waals surface area contributed by atoms with Crippen LogP contribution < -0.4 is 10.1 Å². The smallest absolute Gasteiger partial charge is 0.123 e. The third kappa shape index (κ3) is 3.00. The van der Waals surface area contributed by atoms with Gasteiger partial charge >= 0.3 is 0 Å². The highest BCUT2D eigenvalue weighted by atomic mass is 19.1. The van der Waals surface area contributed by atoms with Crippen molar-refractivity contribution in [1.82, 2.24) is 9.78 Å². The van der Waals surface area contributed by atoms with Crippen LogP contribution >= 0.6 is 0 Å². The first-order valence-electron chi connectivity index (χ1n) is 5.77. The Hall–Kier alpha value is -2.04. The summed E-state index contributed by atoms with van der Waals surface area (Å²) in [5.41, 5.74) is 1.94. The zero-order chi connectivity index (χ0) is 12.8. The van der Waals surface area contributed by atoms with E-state index < -0.39 is 6.67 Å². The Bertz CT molecular complexity index is 498. The summed E-state index contributed by atoms with van der Waals surface area (Å²) in [6, 6.07) is 7.81. The van der Waals surface area contributed by atoms with Gasteiger partial charge in [-0.15, -0.1) is 0 Å². The fourth-order valence-electron chi connectivity index (χ4n) is 1.71. The SMILES string of the molecule is COc1ccccc1CNc1cnn(CCF)c1. The molecule has 1 aromatic carbocycles. The Morgan fingerprint density at radius 2 is 2.22 bits per heavy atom. The van der Waals surface area contributed by atoms with Crippen LogP contribution in [-0.2, 0) is 13.1 Å². The Labute approximate surface area is 105 Å². The molecule has 0 spiro atoms. The number of alkyl halides is 1. The van der Waals surface area contributed by atoms with Gasteiger partial charge in [-0.3, -0.25) is 4.68 Å². The average molecular weight is 249 g/mol. The topological polar surface area (TPSA) is 39.1 Å². The van der Waals surface area contributed by atoms with E-state index in [-0.39, 0.29) is 6.54 Å². The van der Waals surface area contributed by atoms with Crippen LogP contribution in [0, 0.1) is 0 Å². The monoisotopic (exact) mass is 249 g/mol. The Morgan fingerprint density at radius 3 is 3.00 bits per heavy atom. The number of hydrogen-bond donors (Lipinski definition) is 1. The molecule has 0 unspecified atom stereocenters. The number of nitrogens with zero attached hydrogens (tertiary/aromatic N) is 2. The maximum atomic E-state index is 12.1. The van der Waals surface area contributed by atoms with Crippen molar-refractivity contribution in [3.05, 3.63) is 42.2 Å². The number of benzene rings is 1. The van der Waals surface area contributed by atoms with E-state index in [0.29, 0.717) is 6.54 Å². The molecule has 0 aliphatic rings. The number of para-hydroxylation sites is 1. The normalized spacial score (nSPS) is 10.3. The zero-order valence-electron chi connectivity index (χ0n) is 10.3. The maximum absolute atomic E-state index is 12.1. The van der Waals surface area contributed by atoms with E-state index >= 15 is 0 Å². The van der Waals surface area contributed by atoms with Crippen molar-refractivity contribution in [2.45, 2.75) is 13.1 Å². The highest BCUT2D eigenvalue weighted by molar-refractivity contribution is 5.42. The van der Waals surface area contributed by atoms with E-state index in [9.17, 15) is 4.39 Å². The second-order valence-electron chi connectivity index (χ2n) is 3.85. The molecule has 0 bridgehead atoms. The lowest BCUT2D eigenvalue weighted by molar-refractivity contribution is 0.410. The van der Waals surface area contributed by atoms with Gasteiger partial charge in [-0.2, -0.15) is 5.10 Å². The van der Waals surface area contributed by atoms with E-state index in [1.54, 1.807) is 24.2 Å². The number of nitrogens with one attached hydrogen (secondary N) is 1. The minimum atomic E-state index is -0.409. The van der Waals surface area contributed by atoms with Crippen LogP contribution in [0.4, 0.5) is 10.1 Å².